The minimum Gasteiger partial charge on any atom is -0.497 e. The highest BCUT2D eigenvalue weighted by Gasteiger charge is 2.24. The Morgan fingerprint density at radius 3 is 2.56 bits per heavy atom. The first-order chi connectivity index (χ1) is 12.0. The molecule has 1 N–H and O–H groups in total. The average molecular weight is 341 g/mol. The molecule has 9 heteroatoms. The summed E-state index contributed by atoms with van der Waals surface area (Å²) in [5.74, 6) is 0.0550. The van der Waals surface area contributed by atoms with Gasteiger partial charge < -0.3 is 20.1 Å². The van der Waals surface area contributed by atoms with Crippen molar-refractivity contribution in [3.8, 4) is 11.4 Å². The van der Waals surface area contributed by atoms with Crippen molar-refractivity contribution in [3.63, 3.8) is 0 Å². The third kappa shape index (κ3) is 3.20. The molecule has 3 rings (SSSR count). The van der Waals surface area contributed by atoms with Crippen LogP contribution in [0.2, 0.25) is 0 Å². The Kier molecular flexibility index (Phi) is 4.21. The van der Waals surface area contributed by atoms with Gasteiger partial charge in [-0.05, 0) is 58.6 Å². The highest BCUT2D eigenvalue weighted by Crippen LogP contribution is 2.16. The largest absolute Gasteiger partial charge is 0.497 e. The van der Waals surface area contributed by atoms with E-state index in [2.05, 4.69) is 10.1 Å². The average Bonchev–Trinajstić information content (AvgIpc) is 2.92. The van der Waals surface area contributed by atoms with E-state index in [1.165, 1.54) is 7.11 Å². The first-order valence-electron chi connectivity index (χ1n) is 7.31. The molecule has 0 saturated heterocycles. The number of benzene rings is 2. The summed E-state index contributed by atoms with van der Waals surface area (Å²) in [7, 11) is 1.53. The normalized spacial score (nSPS) is 11.5. The molecule has 0 spiro atoms. The van der Waals surface area contributed by atoms with E-state index in [9.17, 15) is 15.3 Å². The molecule has 3 aromatic rings. The number of methoxy groups -OCH3 is 1. The number of aryl methyl sites for hydroxylation is 1. The zero-order valence-corrected chi connectivity index (χ0v) is 13.5. The van der Waals surface area contributed by atoms with Crippen molar-refractivity contribution in [2.45, 2.75) is 6.92 Å². The Balaban J connectivity index is 2.18. The van der Waals surface area contributed by atoms with Crippen LogP contribution in [0.5, 0.6) is 5.75 Å². The SMILES string of the molecule is COc1ccc(-n2nc([N+](=O)[O-])c(=Nc3cccc(C)c3)n2O)cc1. The second-order valence-corrected chi connectivity index (χ2v) is 5.23. The first kappa shape index (κ1) is 16.2. The van der Waals surface area contributed by atoms with Crippen LogP contribution in [0.4, 0.5) is 11.5 Å². The zero-order chi connectivity index (χ0) is 18.0. The van der Waals surface area contributed by atoms with Gasteiger partial charge in [-0.25, -0.2) is 4.99 Å². The van der Waals surface area contributed by atoms with Gasteiger partial charge in [0.05, 0.1) is 17.9 Å². The molecular formula is C16H15N5O4. The van der Waals surface area contributed by atoms with Crippen LogP contribution in [0.25, 0.3) is 5.69 Å². The van der Waals surface area contributed by atoms with Gasteiger partial charge in [0.2, 0.25) is 0 Å². The molecule has 9 nitrogen and oxygen atoms in total. The minimum absolute atomic E-state index is 0.272. The summed E-state index contributed by atoms with van der Waals surface area (Å²) in [6.07, 6.45) is 0. The fraction of sp³-hybridized carbons (Fsp3) is 0.125. The molecule has 0 unspecified atom stereocenters. The van der Waals surface area contributed by atoms with Crippen molar-refractivity contribution in [2.75, 3.05) is 7.11 Å². The van der Waals surface area contributed by atoms with Crippen LogP contribution in [0, 0.1) is 17.0 Å². The molecule has 0 saturated carbocycles. The number of nitrogens with zero attached hydrogens (tertiary/aromatic N) is 5. The molecular weight excluding hydrogens is 326 g/mol. The minimum atomic E-state index is -0.693. The molecule has 0 aliphatic heterocycles. The van der Waals surface area contributed by atoms with Crippen molar-refractivity contribution in [1.82, 2.24) is 14.7 Å². The quantitative estimate of drug-likeness (QED) is 0.445. The van der Waals surface area contributed by atoms with Crippen LogP contribution < -0.4 is 10.2 Å². The molecule has 0 atom stereocenters. The molecule has 0 bridgehead atoms. The Hall–Kier alpha value is -3.62. The van der Waals surface area contributed by atoms with Gasteiger partial charge in [0.1, 0.15) is 11.4 Å². The molecule has 25 heavy (non-hydrogen) atoms. The number of aromatic nitrogens is 3. The Morgan fingerprint density at radius 1 is 1.24 bits per heavy atom. The molecule has 0 fully saturated rings. The zero-order valence-electron chi connectivity index (χ0n) is 13.5. The van der Waals surface area contributed by atoms with Crippen molar-refractivity contribution in [3.05, 3.63) is 69.7 Å². The molecule has 1 heterocycles. The van der Waals surface area contributed by atoms with Crippen LogP contribution in [-0.4, -0.2) is 32.0 Å². The van der Waals surface area contributed by atoms with Gasteiger partial charge in [-0.3, -0.25) is 0 Å². The molecule has 128 valence electrons. The van der Waals surface area contributed by atoms with Crippen LogP contribution in [0.1, 0.15) is 5.56 Å². The van der Waals surface area contributed by atoms with Gasteiger partial charge in [0.15, 0.2) is 0 Å². The summed E-state index contributed by atoms with van der Waals surface area (Å²) in [4.78, 5) is 16.3. The van der Waals surface area contributed by atoms with Crippen LogP contribution in [0.3, 0.4) is 0 Å². The lowest BCUT2D eigenvalue weighted by molar-refractivity contribution is -0.391. The predicted octanol–water partition coefficient (Wildman–Crippen LogP) is 2.37. The van der Waals surface area contributed by atoms with E-state index < -0.39 is 10.7 Å². The molecule has 0 aliphatic rings. The van der Waals surface area contributed by atoms with Gasteiger partial charge in [-0.15, -0.1) is 0 Å². The van der Waals surface area contributed by atoms with E-state index in [4.69, 9.17) is 4.74 Å². The van der Waals surface area contributed by atoms with E-state index in [-0.39, 0.29) is 5.49 Å². The Morgan fingerprint density at radius 2 is 1.96 bits per heavy atom. The molecule has 0 aliphatic carbocycles. The molecule has 0 amide bonds. The van der Waals surface area contributed by atoms with Crippen LogP contribution in [-0.2, 0) is 0 Å². The fourth-order valence-corrected chi connectivity index (χ4v) is 2.27. The molecule has 2 aromatic carbocycles. The maximum atomic E-state index is 11.3. The number of ether oxygens (including phenoxy) is 1. The Labute approximate surface area is 142 Å². The second kappa shape index (κ2) is 6.48. The van der Waals surface area contributed by atoms with Crippen LogP contribution in [0.15, 0.2) is 53.5 Å². The lowest BCUT2D eigenvalue weighted by Crippen LogP contribution is -2.22. The van der Waals surface area contributed by atoms with Gasteiger partial charge in [0, 0.05) is 0 Å². The van der Waals surface area contributed by atoms with E-state index in [0.717, 1.165) is 10.4 Å². The smallest absolute Gasteiger partial charge is 0.438 e. The predicted molar refractivity (Wildman–Crippen MR) is 88.3 cm³/mol. The Bertz CT molecular complexity index is 989. The van der Waals surface area contributed by atoms with Crippen molar-refractivity contribution in [2.24, 2.45) is 4.99 Å². The third-order valence-electron chi connectivity index (χ3n) is 3.47. The van der Waals surface area contributed by atoms with Gasteiger partial charge in [-0.1, -0.05) is 17.0 Å². The highest BCUT2D eigenvalue weighted by molar-refractivity contribution is 5.41. The van der Waals surface area contributed by atoms with Gasteiger partial charge in [-0.2, -0.15) is 0 Å². The summed E-state index contributed by atoms with van der Waals surface area (Å²) in [5.41, 5.74) is 1.56. The summed E-state index contributed by atoms with van der Waals surface area (Å²) < 4.78 is 5.07. The number of nitro groups is 1. The third-order valence-corrected chi connectivity index (χ3v) is 3.47. The summed E-state index contributed by atoms with van der Waals surface area (Å²) in [6.45, 7) is 1.88. The number of hydrogen-bond acceptors (Lipinski definition) is 6. The van der Waals surface area contributed by atoms with Crippen molar-refractivity contribution < 1.29 is 14.9 Å². The number of hydrogen-bond donors (Lipinski definition) is 1. The van der Waals surface area contributed by atoms with E-state index in [1.807, 2.05) is 13.0 Å². The van der Waals surface area contributed by atoms with Crippen molar-refractivity contribution >= 4 is 11.5 Å². The maximum Gasteiger partial charge on any atom is 0.438 e. The van der Waals surface area contributed by atoms with E-state index >= 15 is 0 Å². The number of rotatable bonds is 4. The summed E-state index contributed by atoms with van der Waals surface area (Å²) >= 11 is 0. The van der Waals surface area contributed by atoms with Gasteiger partial charge in [0.25, 0.3) is 5.49 Å². The lowest BCUT2D eigenvalue weighted by atomic mass is 10.2. The summed E-state index contributed by atoms with van der Waals surface area (Å²) in [6, 6.07) is 13.6. The molecule has 0 radical (unpaired) electrons. The van der Waals surface area contributed by atoms with Crippen molar-refractivity contribution in [1.29, 1.82) is 0 Å². The topological polar surface area (TPSA) is 108 Å². The highest BCUT2D eigenvalue weighted by atomic mass is 16.6. The molecule has 1 aromatic heterocycles. The van der Waals surface area contributed by atoms with E-state index in [0.29, 0.717) is 22.0 Å². The fourth-order valence-electron chi connectivity index (χ4n) is 2.27. The summed E-state index contributed by atoms with van der Waals surface area (Å²) in [5, 5.41) is 25.5. The maximum absolute atomic E-state index is 11.3. The van der Waals surface area contributed by atoms with Gasteiger partial charge >= 0.3 is 5.82 Å². The standard InChI is InChI=1S/C16H15N5O4/c1-11-4-3-5-12(10-11)17-15-16(21(23)24)18-19(20(15)22)13-6-8-14(25-2)9-7-13/h3-10,22H,1-2H3. The van der Waals surface area contributed by atoms with E-state index in [1.54, 1.807) is 42.5 Å². The van der Waals surface area contributed by atoms with Crippen LogP contribution >= 0.6 is 0 Å². The monoisotopic (exact) mass is 341 g/mol. The lowest BCUT2D eigenvalue weighted by Gasteiger charge is -2.02. The second-order valence-electron chi connectivity index (χ2n) is 5.23. The first-order valence-corrected chi connectivity index (χ1v) is 7.31.